The number of likely N-dealkylation sites (tertiary alicyclic amines) is 1. The first kappa shape index (κ1) is 50.5. The van der Waals surface area contributed by atoms with Crippen molar-refractivity contribution in [3.63, 3.8) is 0 Å². The van der Waals surface area contributed by atoms with Crippen molar-refractivity contribution in [1.82, 2.24) is 25.8 Å². The van der Waals surface area contributed by atoms with Crippen molar-refractivity contribution in [3.05, 3.63) is 101 Å². The van der Waals surface area contributed by atoms with E-state index in [1.165, 1.54) is 6.39 Å². The maximum Gasteiger partial charge on any atom is 0.251 e. The van der Waals surface area contributed by atoms with E-state index in [0.717, 1.165) is 48.3 Å². The van der Waals surface area contributed by atoms with Crippen LogP contribution in [0.5, 0.6) is 5.75 Å². The van der Waals surface area contributed by atoms with Gasteiger partial charge in [-0.1, -0.05) is 91.3 Å². The van der Waals surface area contributed by atoms with Gasteiger partial charge in [-0.2, -0.15) is 5.26 Å². The van der Waals surface area contributed by atoms with Crippen molar-refractivity contribution in [2.75, 3.05) is 31.6 Å². The lowest BCUT2D eigenvalue weighted by Gasteiger charge is -2.63. The normalized spacial score (nSPS) is 19.9. The van der Waals surface area contributed by atoms with Crippen molar-refractivity contribution in [2.24, 2.45) is 22.2 Å². The molecule has 3 atom stereocenters. The summed E-state index contributed by atoms with van der Waals surface area (Å²) in [5.41, 5.74) is 3.12. The fourth-order valence-electron chi connectivity index (χ4n) is 9.67. The number of aryl methyl sites for hydroxylation is 1. The average Bonchev–Trinajstić information content (AvgIpc) is 3.91. The van der Waals surface area contributed by atoms with Crippen LogP contribution in [-0.2, 0) is 25.7 Å². The third-order valence-electron chi connectivity index (χ3n) is 13.0. The average molecular weight is 937 g/mol. The predicted octanol–water partition coefficient (Wildman–Crippen LogP) is 8.47. The quantitative estimate of drug-likeness (QED) is 0.0665. The summed E-state index contributed by atoms with van der Waals surface area (Å²) in [6, 6.07) is 20.6. The molecule has 1 saturated heterocycles. The Morgan fingerprint density at radius 1 is 0.985 bits per heavy atom. The molecule has 15 heteroatoms. The number of carbonyl (C=O) groups is 4. The van der Waals surface area contributed by atoms with Gasteiger partial charge in [-0.15, -0.1) is 0 Å². The number of aromatic nitrogens is 1. The highest BCUT2D eigenvalue weighted by molar-refractivity contribution is 6.31. The van der Waals surface area contributed by atoms with E-state index >= 15 is 0 Å². The van der Waals surface area contributed by atoms with Gasteiger partial charge in [-0.05, 0) is 85.9 Å². The Bertz CT molecular complexity index is 2400. The highest BCUT2D eigenvalue weighted by Crippen LogP contribution is 2.55. The number of carbonyl (C=O) groups excluding carboxylic acids is 4. The summed E-state index contributed by atoms with van der Waals surface area (Å²) in [6.07, 6.45) is 4.26. The Kier molecular flexibility index (Phi) is 16.1. The Morgan fingerprint density at radius 2 is 1.69 bits per heavy atom. The predicted molar refractivity (Wildman–Crippen MR) is 258 cm³/mol. The molecule has 4 aromatic rings. The first-order chi connectivity index (χ1) is 31.7. The number of anilines is 1. The van der Waals surface area contributed by atoms with E-state index in [1.807, 2.05) is 83.1 Å². The van der Waals surface area contributed by atoms with E-state index in [9.17, 15) is 24.4 Å². The largest absolute Gasteiger partial charge is 0.489 e. The molecular weight excluding hydrogens is 870 g/mol. The Balaban J connectivity index is 0.878. The number of amides is 4. The zero-order valence-electron chi connectivity index (χ0n) is 40.3. The van der Waals surface area contributed by atoms with Crippen LogP contribution in [0.1, 0.15) is 108 Å². The highest BCUT2D eigenvalue weighted by Gasteiger charge is 2.64. The van der Waals surface area contributed by atoms with Crippen molar-refractivity contribution >= 4 is 40.9 Å². The number of nitrogens with zero attached hydrogens (tertiary/aromatic N) is 3. The molecule has 1 aliphatic heterocycles. The van der Waals surface area contributed by atoms with Crippen LogP contribution in [0.4, 0.5) is 5.69 Å². The van der Waals surface area contributed by atoms with Gasteiger partial charge in [0.1, 0.15) is 36.6 Å². The monoisotopic (exact) mass is 935 g/mol. The van der Waals surface area contributed by atoms with Crippen LogP contribution in [-0.4, -0.2) is 84.0 Å². The molecule has 2 fully saturated rings. The van der Waals surface area contributed by atoms with Gasteiger partial charge in [-0.25, -0.2) is 4.98 Å². The van der Waals surface area contributed by atoms with E-state index in [2.05, 4.69) is 60.0 Å². The van der Waals surface area contributed by atoms with Crippen molar-refractivity contribution in [1.29, 1.82) is 5.26 Å². The third-order valence-corrected chi connectivity index (χ3v) is 13.4. The summed E-state index contributed by atoms with van der Waals surface area (Å²) in [4.78, 5) is 59.9. The van der Waals surface area contributed by atoms with Gasteiger partial charge in [0.2, 0.25) is 17.7 Å². The maximum absolute atomic E-state index is 14.1. The number of rotatable bonds is 19. The fraction of sp³-hybridized carbons (Fsp3) is 0.500. The first-order valence-electron chi connectivity index (χ1n) is 23.2. The molecule has 4 N–H and O–H groups in total. The molecule has 1 saturated carbocycles. The molecule has 1 aliphatic carbocycles. The number of hydrogen-bond acceptors (Lipinski definition) is 10. The molecule has 4 amide bonds. The number of ether oxygens (including phenoxy) is 2. The SMILES string of the molecule is Cc1ncoc1-c1ccc(CNC(=O)[C@@H]2C[C@@H](C)CN2C(=O)[C@@H](NC(=O)COCCCCCNc2ccc(C(=O)N[C@H]3C(C)(C)[C@H](Oc4ccc(C#N)c(Cl)c4)C3(C)C)cc2)C(C)(C)C)cc1. The van der Waals surface area contributed by atoms with Crippen LogP contribution in [0.25, 0.3) is 11.3 Å². The summed E-state index contributed by atoms with van der Waals surface area (Å²) in [7, 11) is 0. The van der Waals surface area contributed by atoms with Gasteiger partial charge in [0.15, 0.2) is 12.2 Å². The number of nitriles is 1. The number of nitrogens with one attached hydrogen (secondary N) is 4. The number of hydrogen-bond donors (Lipinski definition) is 4. The van der Waals surface area contributed by atoms with E-state index in [0.29, 0.717) is 53.8 Å². The Hall–Kier alpha value is -5.91. The van der Waals surface area contributed by atoms with Gasteiger partial charge >= 0.3 is 0 Å². The van der Waals surface area contributed by atoms with Gasteiger partial charge < -0.3 is 40.1 Å². The zero-order valence-corrected chi connectivity index (χ0v) is 41.0. The van der Waals surface area contributed by atoms with E-state index in [4.69, 9.17) is 25.5 Å². The van der Waals surface area contributed by atoms with Crippen molar-refractivity contribution in [3.8, 4) is 23.1 Å². The number of oxazole rings is 1. The van der Waals surface area contributed by atoms with E-state index in [-0.39, 0.29) is 59.1 Å². The van der Waals surface area contributed by atoms with E-state index in [1.54, 1.807) is 23.1 Å². The second-order valence-corrected chi connectivity index (χ2v) is 20.7. The van der Waals surface area contributed by atoms with Gasteiger partial charge in [0.25, 0.3) is 5.91 Å². The lowest BCUT2D eigenvalue weighted by atomic mass is 9.49. The second-order valence-electron chi connectivity index (χ2n) is 20.3. The van der Waals surface area contributed by atoms with Crippen molar-refractivity contribution < 1.29 is 33.1 Å². The van der Waals surface area contributed by atoms with E-state index < -0.39 is 17.5 Å². The number of benzene rings is 3. The van der Waals surface area contributed by atoms with Crippen LogP contribution in [0.15, 0.2) is 77.5 Å². The molecule has 0 spiro atoms. The number of halogens is 1. The third kappa shape index (κ3) is 12.2. The molecule has 2 heterocycles. The second kappa shape index (κ2) is 21.4. The molecule has 6 rings (SSSR count). The summed E-state index contributed by atoms with van der Waals surface area (Å²) in [6.45, 7) is 19.6. The zero-order chi connectivity index (χ0) is 48.7. The Labute approximate surface area is 399 Å². The van der Waals surface area contributed by atoms with Crippen LogP contribution in [0.3, 0.4) is 0 Å². The van der Waals surface area contributed by atoms with Crippen LogP contribution >= 0.6 is 11.6 Å². The molecule has 0 unspecified atom stereocenters. The summed E-state index contributed by atoms with van der Waals surface area (Å²) in [5, 5.41) is 22.1. The van der Waals surface area contributed by atoms with Gasteiger partial charge in [-0.3, -0.25) is 19.2 Å². The number of unbranched alkanes of at least 4 members (excludes halogenated alkanes) is 2. The van der Waals surface area contributed by atoms with Crippen LogP contribution in [0.2, 0.25) is 5.02 Å². The minimum Gasteiger partial charge on any atom is -0.489 e. The molecule has 14 nitrogen and oxygen atoms in total. The lowest BCUT2D eigenvalue weighted by Crippen LogP contribution is -2.74. The minimum atomic E-state index is -0.844. The Morgan fingerprint density at radius 3 is 2.31 bits per heavy atom. The molecule has 3 aromatic carbocycles. The molecule has 67 heavy (non-hydrogen) atoms. The minimum absolute atomic E-state index is 0.122. The standard InChI is InChI=1S/C52H66ClN7O7/c1-32-25-41(46(63)56-28-34-13-15-35(16-14-34)43-33(2)57-31-66-43)60(29-32)47(64)44(50(3,4)5)58-42(61)30-65-24-12-10-11-23-55-38-20-17-36(18-21-38)45(62)59-48-51(6,7)49(52(48,8)9)67-39-22-19-37(27-54)40(53)26-39/h13-22,26,31-32,41,44,48-49,55H,10-12,23-25,28-30H2,1-9H3,(H,56,63)(H,58,61)(H,59,62)/t32-,41+,44-,48-,49-/m1/s1. The molecule has 0 radical (unpaired) electrons. The molecule has 0 bridgehead atoms. The van der Waals surface area contributed by atoms with Gasteiger partial charge in [0.05, 0.1) is 16.3 Å². The summed E-state index contributed by atoms with van der Waals surface area (Å²) >= 11 is 6.24. The summed E-state index contributed by atoms with van der Waals surface area (Å²) < 4.78 is 17.6. The maximum atomic E-state index is 14.1. The molecular formula is C52H66ClN7O7. The fourth-order valence-corrected chi connectivity index (χ4v) is 9.88. The molecule has 2 aliphatic rings. The smallest absolute Gasteiger partial charge is 0.251 e. The molecule has 1 aromatic heterocycles. The van der Waals surface area contributed by atoms with Gasteiger partial charge in [0, 0.05) is 66.0 Å². The van der Waals surface area contributed by atoms with Crippen LogP contribution < -0.4 is 26.0 Å². The van der Waals surface area contributed by atoms with Crippen LogP contribution in [0, 0.1) is 40.4 Å². The topological polar surface area (TPSA) is 188 Å². The highest BCUT2D eigenvalue weighted by atomic mass is 35.5. The van der Waals surface area contributed by atoms with Crippen molar-refractivity contribution in [2.45, 2.75) is 119 Å². The first-order valence-corrected chi connectivity index (χ1v) is 23.5. The summed E-state index contributed by atoms with van der Waals surface area (Å²) in [5.74, 6) is 0.369. The lowest BCUT2D eigenvalue weighted by molar-refractivity contribution is -0.164. The molecule has 358 valence electrons.